The Hall–Kier alpha value is -2.77. The van der Waals surface area contributed by atoms with Gasteiger partial charge in [0.1, 0.15) is 0 Å². The van der Waals surface area contributed by atoms with Gasteiger partial charge in [0.25, 0.3) is 0 Å². The van der Waals surface area contributed by atoms with Crippen LogP contribution in [0.2, 0.25) is 5.02 Å². The summed E-state index contributed by atoms with van der Waals surface area (Å²) >= 11 is 6.20. The van der Waals surface area contributed by atoms with E-state index in [2.05, 4.69) is 10.2 Å². The van der Waals surface area contributed by atoms with Gasteiger partial charge in [0.15, 0.2) is 17.2 Å². The van der Waals surface area contributed by atoms with Crippen molar-refractivity contribution < 1.29 is 19.1 Å². The van der Waals surface area contributed by atoms with Gasteiger partial charge in [0, 0.05) is 11.6 Å². The van der Waals surface area contributed by atoms with Crippen molar-refractivity contribution in [2.24, 2.45) is 0 Å². The van der Waals surface area contributed by atoms with Crippen LogP contribution in [0.4, 0.5) is 5.69 Å². The van der Waals surface area contributed by atoms with E-state index in [1.807, 2.05) is 38.1 Å². The zero-order valence-electron chi connectivity index (χ0n) is 20.0. The molecule has 0 saturated heterocycles. The molecule has 2 amide bonds. The molecule has 0 atom stereocenters. The zero-order chi connectivity index (χ0) is 24.3. The van der Waals surface area contributed by atoms with Crippen molar-refractivity contribution in [3.05, 3.63) is 47.5 Å². The minimum Gasteiger partial charge on any atom is -0.490 e. The lowest BCUT2D eigenvalue weighted by molar-refractivity contribution is -0.135. The Kier molecular flexibility index (Phi) is 10.0. The number of halogens is 1. The number of nitrogens with one attached hydrogen (secondary N) is 1. The highest BCUT2D eigenvalue weighted by atomic mass is 35.5. The number of para-hydroxylation sites is 2. The summed E-state index contributed by atoms with van der Waals surface area (Å²) in [7, 11) is 0. The molecule has 0 aromatic heterocycles. The second-order valence-corrected chi connectivity index (χ2v) is 8.71. The average molecular weight is 488 g/mol. The molecule has 184 valence electrons. The molecule has 0 saturated carbocycles. The molecule has 0 radical (unpaired) electrons. The average Bonchev–Trinajstić information content (AvgIpc) is 2.82. The Morgan fingerprint density at radius 3 is 2.53 bits per heavy atom. The van der Waals surface area contributed by atoms with E-state index < -0.39 is 0 Å². The molecule has 0 aliphatic carbocycles. The first-order chi connectivity index (χ1) is 16.5. The SMILES string of the molecule is CCN(CC)CC(=O)N1CCCCCCOc2ccccc2Oc2ccc(Cl)cc2NC(=O)C1. The second-order valence-electron chi connectivity index (χ2n) is 8.28. The van der Waals surface area contributed by atoms with Gasteiger partial charge in [0.05, 0.1) is 25.4 Å². The number of hydrogen-bond acceptors (Lipinski definition) is 5. The summed E-state index contributed by atoms with van der Waals surface area (Å²) in [6, 6.07) is 12.5. The molecule has 0 spiro atoms. The van der Waals surface area contributed by atoms with Gasteiger partial charge in [-0.3, -0.25) is 14.5 Å². The van der Waals surface area contributed by atoms with Gasteiger partial charge in [0.2, 0.25) is 11.8 Å². The predicted molar refractivity (Wildman–Crippen MR) is 135 cm³/mol. The van der Waals surface area contributed by atoms with Crippen molar-refractivity contribution >= 4 is 29.1 Å². The molecular weight excluding hydrogens is 454 g/mol. The summed E-state index contributed by atoms with van der Waals surface area (Å²) in [5, 5.41) is 3.35. The van der Waals surface area contributed by atoms with E-state index >= 15 is 0 Å². The fraction of sp³-hybridized carbons (Fsp3) is 0.462. The number of fused-ring (bicyclic) bond motifs is 2. The van der Waals surface area contributed by atoms with Crippen LogP contribution in [0.1, 0.15) is 39.5 Å². The molecule has 0 unspecified atom stereocenters. The van der Waals surface area contributed by atoms with Crippen molar-refractivity contribution in [1.29, 1.82) is 0 Å². The molecule has 1 N–H and O–H groups in total. The third kappa shape index (κ3) is 7.64. The van der Waals surface area contributed by atoms with Gasteiger partial charge in [-0.2, -0.15) is 0 Å². The maximum absolute atomic E-state index is 13.0. The topological polar surface area (TPSA) is 71.1 Å². The number of carbonyl (C=O) groups is 2. The molecule has 0 bridgehead atoms. The summed E-state index contributed by atoms with van der Waals surface area (Å²) in [4.78, 5) is 29.7. The van der Waals surface area contributed by atoms with Gasteiger partial charge in [-0.1, -0.05) is 50.4 Å². The van der Waals surface area contributed by atoms with Crippen LogP contribution in [-0.2, 0) is 9.59 Å². The van der Waals surface area contributed by atoms with Gasteiger partial charge in [-0.15, -0.1) is 0 Å². The lowest BCUT2D eigenvalue weighted by Gasteiger charge is -2.26. The first-order valence-electron chi connectivity index (χ1n) is 12.0. The van der Waals surface area contributed by atoms with Crippen LogP contribution in [-0.4, -0.2) is 60.9 Å². The Morgan fingerprint density at radius 1 is 1.03 bits per heavy atom. The monoisotopic (exact) mass is 487 g/mol. The molecule has 1 heterocycles. The lowest BCUT2D eigenvalue weighted by Crippen LogP contribution is -2.44. The van der Waals surface area contributed by atoms with Gasteiger partial charge in [-0.25, -0.2) is 0 Å². The molecular formula is C26H34ClN3O4. The quantitative estimate of drug-likeness (QED) is 0.642. The summed E-state index contributed by atoms with van der Waals surface area (Å²) in [5.74, 6) is 1.32. The normalized spacial score (nSPS) is 15.5. The van der Waals surface area contributed by atoms with Gasteiger partial charge >= 0.3 is 0 Å². The number of hydrogen-bond donors (Lipinski definition) is 1. The van der Waals surface area contributed by atoms with E-state index in [0.717, 1.165) is 38.8 Å². The number of anilines is 1. The Morgan fingerprint density at radius 2 is 1.76 bits per heavy atom. The van der Waals surface area contributed by atoms with Crippen LogP contribution in [0, 0.1) is 0 Å². The van der Waals surface area contributed by atoms with E-state index in [1.54, 1.807) is 23.1 Å². The van der Waals surface area contributed by atoms with Crippen molar-refractivity contribution in [3.8, 4) is 17.2 Å². The molecule has 2 aromatic rings. The molecule has 1 aliphatic heterocycles. The van der Waals surface area contributed by atoms with E-state index in [0.29, 0.717) is 47.7 Å². The molecule has 34 heavy (non-hydrogen) atoms. The Bertz CT molecular complexity index is 965. The second kappa shape index (κ2) is 13.2. The van der Waals surface area contributed by atoms with Crippen molar-refractivity contribution in [1.82, 2.24) is 9.80 Å². The highest BCUT2D eigenvalue weighted by Crippen LogP contribution is 2.36. The highest BCUT2D eigenvalue weighted by molar-refractivity contribution is 6.31. The number of rotatable bonds is 4. The molecule has 0 fully saturated rings. The fourth-order valence-corrected chi connectivity index (χ4v) is 3.97. The minimum atomic E-state index is -0.295. The highest BCUT2D eigenvalue weighted by Gasteiger charge is 2.20. The molecule has 1 aliphatic rings. The largest absolute Gasteiger partial charge is 0.490 e. The number of nitrogens with zero attached hydrogens (tertiary/aromatic N) is 2. The lowest BCUT2D eigenvalue weighted by atomic mass is 10.2. The van der Waals surface area contributed by atoms with Gasteiger partial charge < -0.3 is 19.7 Å². The number of ether oxygens (including phenoxy) is 2. The van der Waals surface area contributed by atoms with Crippen molar-refractivity contribution in [2.75, 3.05) is 44.6 Å². The molecule has 8 heteroatoms. The van der Waals surface area contributed by atoms with Gasteiger partial charge in [-0.05, 0) is 56.3 Å². The van der Waals surface area contributed by atoms with Crippen molar-refractivity contribution in [2.45, 2.75) is 39.5 Å². The zero-order valence-corrected chi connectivity index (χ0v) is 20.8. The van der Waals surface area contributed by atoms with Crippen LogP contribution < -0.4 is 14.8 Å². The smallest absolute Gasteiger partial charge is 0.244 e. The Labute approximate surface area is 207 Å². The standard InChI is InChI=1S/C26H34ClN3O4/c1-3-29(4-2)19-26(32)30-15-9-5-6-10-16-33-23-11-7-8-12-24(23)34-22-14-13-20(27)17-21(22)28-25(31)18-30/h7-8,11-14,17H,3-6,9-10,15-16,18-19H2,1-2H3,(H,28,31). The van der Waals surface area contributed by atoms with E-state index in [-0.39, 0.29) is 18.4 Å². The predicted octanol–water partition coefficient (Wildman–Crippen LogP) is 5.19. The maximum Gasteiger partial charge on any atom is 0.244 e. The first kappa shape index (κ1) is 25.8. The number of amides is 2. The number of benzene rings is 2. The van der Waals surface area contributed by atoms with Crippen molar-refractivity contribution in [3.63, 3.8) is 0 Å². The molecule has 7 nitrogen and oxygen atoms in total. The van der Waals surface area contributed by atoms with E-state index in [1.165, 1.54) is 0 Å². The van der Waals surface area contributed by atoms with Crippen LogP contribution in [0.3, 0.4) is 0 Å². The van der Waals surface area contributed by atoms with E-state index in [9.17, 15) is 9.59 Å². The fourth-order valence-electron chi connectivity index (χ4n) is 3.79. The number of likely N-dealkylation sites (N-methyl/N-ethyl adjacent to an activating group) is 1. The number of carbonyl (C=O) groups excluding carboxylic acids is 2. The van der Waals surface area contributed by atoms with Crippen LogP contribution in [0.25, 0.3) is 0 Å². The first-order valence-corrected chi connectivity index (χ1v) is 12.4. The third-order valence-corrected chi connectivity index (χ3v) is 6.04. The Balaban J connectivity index is 1.84. The summed E-state index contributed by atoms with van der Waals surface area (Å²) in [6.07, 6.45) is 3.67. The summed E-state index contributed by atoms with van der Waals surface area (Å²) in [6.45, 7) is 7.02. The minimum absolute atomic E-state index is 0.0221. The summed E-state index contributed by atoms with van der Waals surface area (Å²) in [5.41, 5.74) is 0.440. The molecule has 3 rings (SSSR count). The van der Waals surface area contributed by atoms with Crippen LogP contribution in [0.15, 0.2) is 42.5 Å². The third-order valence-electron chi connectivity index (χ3n) is 5.81. The van der Waals surface area contributed by atoms with E-state index in [4.69, 9.17) is 21.1 Å². The van der Waals surface area contributed by atoms with Crippen LogP contribution >= 0.6 is 11.6 Å². The van der Waals surface area contributed by atoms with Crippen LogP contribution in [0.5, 0.6) is 17.2 Å². The maximum atomic E-state index is 13.0. The summed E-state index contributed by atoms with van der Waals surface area (Å²) < 4.78 is 12.1. The molecule has 2 aromatic carbocycles.